The third kappa shape index (κ3) is 3.66. The standard InChI is InChI=1S/C20H20N8O2/c1-20(10-18(30)27(2)19(21)26-20)16-9-13(4-6-22-16)8-15(29)14-11-24-17(12-23-14)28-7-3-5-25-28/h3-7,9,11-12H,8,10H2,1-2H3,(H2,21,26). The van der Waals surface area contributed by atoms with Crippen LogP contribution in [0, 0.1) is 0 Å². The monoisotopic (exact) mass is 404 g/mol. The van der Waals surface area contributed by atoms with Crippen LogP contribution in [-0.4, -0.2) is 54.3 Å². The molecule has 3 aromatic rings. The highest BCUT2D eigenvalue weighted by atomic mass is 16.2. The zero-order chi connectivity index (χ0) is 21.3. The average molecular weight is 404 g/mol. The Balaban J connectivity index is 1.53. The second-order valence-corrected chi connectivity index (χ2v) is 7.23. The van der Waals surface area contributed by atoms with Crippen molar-refractivity contribution in [3.63, 3.8) is 0 Å². The fourth-order valence-corrected chi connectivity index (χ4v) is 3.20. The number of guanidine groups is 1. The normalized spacial score (nSPS) is 18.9. The summed E-state index contributed by atoms with van der Waals surface area (Å²) >= 11 is 0. The fourth-order valence-electron chi connectivity index (χ4n) is 3.20. The molecule has 2 N–H and O–H groups in total. The summed E-state index contributed by atoms with van der Waals surface area (Å²) in [6.07, 6.45) is 8.18. The summed E-state index contributed by atoms with van der Waals surface area (Å²) in [5.74, 6) is 0.350. The predicted octanol–water partition coefficient (Wildman–Crippen LogP) is 0.875. The Morgan fingerprint density at radius 3 is 2.73 bits per heavy atom. The molecule has 3 aromatic heterocycles. The van der Waals surface area contributed by atoms with E-state index in [1.165, 1.54) is 17.3 Å². The molecule has 4 rings (SSSR count). The first-order chi connectivity index (χ1) is 14.4. The van der Waals surface area contributed by atoms with Crippen LogP contribution in [0.5, 0.6) is 0 Å². The van der Waals surface area contributed by atoms with E-state index in [4.69, 9.17) is 5.73 Å². The third-order valence-corrected chi connectivity index (χ3v) is 4.98. The number of carbonyl (C=O) groups excluding carboxylic acids is 2. The van der Waals surface area contributed by atoms with Crippen molar-refractivity contribution < 1.29 is 9.59 Å². The molecule has 1 atom stereocenters. The average Bonchev–Trinajstić information content (AvgIpc) is 3.27. The lowest BCUT2D eigenvalue weighted by atomic mass is 9.90. The molecule has 0 aromatic carbocycles. The number of aromatic nitrogens is 5. The van der Waals surface area contributed by atoms with Crippen molar-refractivity contribution >= 4 is 17.6 Å². The van der Waals surface area contributed by atoms with E-state index in [1.807, 2.05) is 0 Å². The van der Waals surface area contributed by atoms with Crippen molar-refractivity contribution in [3.8, 4) is 5.82 Å². The molecule has 0 fully saturated rings. The van der Waals surface area contributed by atoms with Gasteiger partial charge in [0, 0.05) is 32.1 Å². The topological polar surface area (TPSA) is 132 Å². The molecule has 4 heterocycles. The van der Waals surface area contributed by atoms with Gasteiger partial charge in [-0.05, 0) is 30.7 Å². The maximum Gasteiger partial charge on any atom is 0.231 e. The van der Waals surface area contributed by atoms with Crippen LogP contribution in [0.4, 0.5) is 0 Å². The summed E-state index contributed by atoms with van der Waals surface area (Å²) in [6.45, 7) is 1.80. The molecular formula is C20H20N8O2. The van der Waals surface area contributed by atoms with Crippen molar-refractivity contribution in [1.29, 1.82) is 0 Å². The van der Waals surface area contributed by atoms with Gasteiger partial charge in [-0.1, -0.05) is 0 Å². The zero-order valence-corrected chi connectivity index (χ0v) is 16.6. The molecule has 10 heteroatoms. The predicted molar refractivity (Wildman–Crippen MR) is 108 cm³/mol. The van der Waals surface area contributed by atoms with Crippen molar-refractivity contribution in [2.45, 2.75) is 25.3 Å². The van der Waals surface area contributed by atoms with Crippen LogP contribution in [0.15, 0.2) is 54.2 Å². The summed E-state index contributed by atoms with van der Waals surface area (Å²) in [4.78, 5) is 43.5. The highest BCUT2D eigenvalue weighted by Gasteiger charge is 2.37. The Bertz CT molecular complexity index is 1120. The molecule has 30 heavy (non-hydrogen) atoms. The van der Waals surface area contributed by atoms with Gasteiger partial charge in [-0.15, -0.1) is 0 Å². The van der Waals surface area contributed by atoms with Crippen molar-refractivity contribution in [2.24, 2.45) is 10.7 Å². The molecule has 1 amide bonds. The number of rotatable bonds is 5. The van der Waals surface area contributed by atoms with Gasteiger partial charge in [0.05, 0.1) is 24.5 Å². The van der Waals surface area contributed by atoms with Gasteiger partial charge in [0.25, 0.3) is 0 Å². The van der Waals surface area contributed by atoms with E-state index >= 15 is 0 Å². The maximum absolute atomic E-state index is 12.7. The zero-order valence-electron chi connectivity index (χ0n) is 16.6. The van der Waals surface area contributed by atoms with Crippen LogP contribution in [0.3, 0.4) is 0 Å². The Kier molecular flexibility index (Phi) is 4.82. The minimum atomic E-state index is -0.877. The molecule has 0 aliphatic carbocycles. The molecule has 152 valence electrons. The Morgan fingerprint density at radius 2 is 2.07 bits per heavy atom. The molecule has 0 saturated heterocycles. The lowest BCUT2D eigenvalue weighted by Crippen LogP contribution is -2.47. The van der Waals surface area contributed by atoms with E-state index in [1.54, 1.807) is 55.4 Å². The Morgan fingerprint density at radius 1 is 1.23 bits per heavy atom. The number of pyridine rings is 1. The molecule has 0 radical (unpaired) electrons. The van der Waals surface area contributed by atoms with E-state index in [2.05, 4.69) is 25.0 Å². The molecule has 1 unspecified atom stereocenters. The van der Waals surface area contributed by atoms with E-state index < -0.39 is 5.54 Å². The second kappa shape index (κ2) is 7.47. The second-order valence-electron chi connectivity index (χ2n) is 7.23. The van der Waals surface area contributed by atoms with E-state index in [0.717, 1.165) is 5.56 Å². The first-order valence-corrected chi connectivity index (χ1v) is 9.28. The number of amides is 1. The Hall–Kier alpha value is -3.95. The van der Waals surface area contributed by atoms with Gasteiger partial charge in [0.15, 0.2) is 17.6 Å². The number of hydrogen-bond acceptors (Lipinski definition) is 8. The number of hydrogen-bond donors (Lipinski definition) is 1. The van der Waals surface area contributed by atoms with Gasteiger partial charge >= 0.3 is 0 Å². The number of carbonyl (C=O) groups is 2. The third-order valence-electron chi connectivity index (χ3n) is 4.98. The summed E-state index contributed by atoms with van der Waals surface area (Å²) in [5.41, 5.74) is 6.58. The van der Waals surface area contributed by atoms with Gasteiger partial charge in [-0.25, -0.2) is 19.6 Å². The maximum atomic E-state index is 12.7. The van der Waals surface area contributed by atoms with Crippen molar-refractivity contribution in [2.75, 3.05) is 7.05 Å². The molecular weight excluding hydrogens is 384 g/mol. The number of Topliss-reactive ketones (excluding diaryl/α,β-unsaturated/α-hetero) is 1. The van der Waals surface area contributed by atoms with Crippen LogP contribution in [0.1, 0.15) is 35.1 Å². The van der Waals surface area contributed by atoms with Crippen molar-refractivity contribution in [3.05, 3.63) is 66.1 Å². The molecule has 0 spiro atoms. The van der Waals surface area contributed by atoms with Gasteiger partial charge in [0.1, 0.15) is 11.2 Å². The van der Waals surface area contributed by atoms with Crippen LogP contribution < -0.4 is 5.73 Å². The van der Waals surface area contributed by atoms with E-state index in [0.29, 0.717) is 11.5 Å². The van der Waals surface area contributed by atoms with Gasteiger partial charge in [-0.3, -0.25) is 19.5 Å². The number of aliphatic imine (C=N–C) groups is 1. The molecule has 1 aliphatic rings. The first kappa shape index (κ1) is 19.4. The molecule has 10 nitrogen and oxygen atoms in total. The lowest BCUT2D eigenvalue weighted by Gasteiger charge is -2.32. The molecule has 1 aliphatic heterocycles. The van der Waals surface area contributed by atoms with Gasteiger partial charge < -0.3 is 5.73 Å². The quantitative estimate of drug-likeness (QED) is 0.624. The number of nitrogens with two attached hydrogens (primary N) is 1. The summed E-state index contributed by atoms with van der Waals surface area (Å²) in [7, 11) is 1.59. The van der Waals surface area contributed by atoms with Gasteiger partial charge in [-0.2, -0.15) is 5.10 Å². The van der Waals surface area contributed by atoms with Crippen LogP contribution in [0.25, 0.3) is 5.82 Å². The minimum absolute atomic E-state index is 0.119. The highest BCUT2D eigenvalue weighted by molar-refractivity contribution is 5.98. The lowest BCUT2D eigenvalue weighted by molar-refractivity contribution is -0.128. The van der Waals surface area contributed by atoms with Crippen LogP contribution in [0.2, 0.25) is 0 Å². The first-order valence-electron chi connectivity index (χ1n) is 9.28. The SMILES string of the molecule is CN1C(=O)CC(C)(c2cc(CC(=O)c3cnc(-n4cccn4)cn3)ccn2)N=C1N. The van der Waals surface area contributed by atoms with Gasteiger partial charge in [0.2, 0.25) is 5.91 Å². The molecule has 0 saturated carbocycles. The minimum Gasteiger partial charge on any atom is -0.369 e. The van der Waals surface area contributed by atoms with E-state index in [9.17, 15) is 9.59 Å². The highest BCUT2D eigenvalue weighted by Crippen LogP contribution is 2.31. The van der Waals surface area contributed by atoms with E-state index in [-0.39, 0.29) is 36.2 Å². The van der Waals surface area contributed by atoms with Crippen molar-refractivity contribution in [1.82, 2.24) is 29.6 Å². The smallest absolute Gasteiger partial charge is 0.231 e. The summed E-state index contributed by atoms with van der Waals surface area (Å²) in [5, 5.41) is 4.08. The molecule has 0 bridgehead atoms. The Labute approximate surface area is 172 Å². The fraction of sp³-hybridized carbons (Fsp3) is 0.250. The number of ketones is 1. The number of nitrogens with zero attached hydrogens (tertiary/aromatic N) is 7. The summed E-state index contributed by atoms with van der Waals surface area (Å²) in [6, 6.07) is 5.30. The van der Waals surface area contributed by atoms with Crippen LogP contribution >= 0.6 is 0 Å². The van der Waals surface area contributed by atoms with Crippen LogP contribution in [-0.2, 0) is 16.8 Å². The largest absolute Gasteiger partial charge is 0.369 e. The summed E-state index contributed by atoms with van der Waals surface area (Å²) < 4.78 is 1.56.